The van der Waals surface area contributed by atoms with Crippen LogP contribution in [0.3, 0.4) is 0 Å². The molecule has 1 aromatic rings. The van der Waals surface area contributed by atoms with E-state index in [-0.39, 0.29) is 17.9 Å². The molecular formula is C13H17FN2O6S. The third-order valence-electron chi connectivity index (χ3n) is 2.86. The number of aliphatic carboxylic acids is 1. The SMILES string of the molecule is CC(O)(CNC(=O)CCNS(=O)(=O)c1ccc(F)cc1)C(=O)O. The Bertz CT molecular complexity index is 672. The Hall–Kier alpha value is -2.04. The minimum Gasteiger partial charge on any atom is -0.479 e. The van der Waals surface area contributed by atoms with Crippen LogP contribution in [0.2, 0.25) is 0 Å². The standard InChI is InChI=1S/C13H17FN2O6S/c1-13(20,12(18)19)8-15-11(17)6-7-16-23(21,22)10-4-2-9(14)3-5-10/h2-5,16,20H,6-8H2,1H3,(H,15,17)(H,18,19). The van der Waals surface area contributed by atoms with Crippen LogP contribution in [0.5, 0.6) is 0 Å². The fourth-order valence-corrected chi connectivity index (χ4v) is 2.46. The van der Waals surface area contributed by atoms with Crippen LogP contribution in [0.4, 0.5) is 4.39 Å². The molecule has 1 atom stereocenters. The van der Waals surface area contributed by atoms with E-state index in [2.05, 4.69) is 10.0 Å². The molecule has 0 aliphatic heterocycles. The van der Waals surface area contributed by atoms with E-state index in [0.717, 1.165) is 31.2 Å². The van der Waals surface area contributed by atoms with Gasteiger partial charge in [-0.25, -0.2) is 22.3 Å². The maximum Gasteiger partial charge on any atom is 0.337 e. The quantitative estimate of drug-likeness (QED) is 0.498. The molecule has 1 amide bonds. The average molecular weight is 348 g/mol. The number of carbonyl (C=O) groups is 2. The van der Waals surface area contributed by atoms with Gasteiger partial charge in [-0.1, -0.05) is 0 Å². The molecule has 0 heterocycles. The van der Waals surface area contributed by atoms with E-state index in [4.69, 9.17) is 5.11 Å². The second-order valence-corrected chi connectivity index (χ2v) is 6.72. The molecule has 0 saturated heterocycles. The Labute approximate surface area is 132 Å². The minimum atomic E-state index is -3.87. The number of carboxylic acid groups (broad SMARTS) is 1. The number of sulfonamides is 1. The lowest BCUT2D eigenvalue weighted by Crippen LogP contribution is -2.47. The van der Waals surface area contributed by atoms with E-state index in [9.17, 15) is 27.5 Å². The maximum absolute atomic E-state index is 12.7. The van der Waals surface area contributed by atoms with Crippen molar-refractivity contribution in [2.24, 2.45) is 0 Å². The van der Waals surface area contributed by atoms with Crippen LogP contribution in [0.1, 0.15) is 13.3 Å². The van der Waals surface area contributed by atoms with Crippen LogP contribution in [-0.2, 0) is 19.6 Å². The van der Waals surface area contributed by atoms with Gasteiger partial charge in [0.05, 0.1) is 11.4 Å². The molecule has 1 aromatic carbocycles. The highest BCUT2D eigenvalue weighted by Gasteiger charge is 2.30. The van der Waals surface area contributed by atoms with E-state index in [1.807, 2.05) is 0 Å². The summed E-state index contributed by atoms with van der Waals surface area (Å²) in [6.45, 7) is 0.277. The van der Waals surface area contributed by atoms with E-state index in [1.165, 1.54) is 0 Å². The van der Waals surface area contributed by atoms with Gasteiger partial charge in [-0.05, 0) is 31.2 Å². The number of benzene rings is 1. The summed E-state index contributed by atoms with van der Waals surface area (Å²) in [4.78, 5) is 22.0. The van der Waals surface area contributed by atoms with Crippen molar-refractivity contribution in [3.8, 4) is 0 Å². The molecule has 8 nitrogen and oxygen atoms in total. The molecule has 0 aliphatic rings. The second kappa shape index (κ2) is 7.49. The molecule has 0 fully saturated rings. The van der Waals surface area contributed by atoms with Crippen LogP contribution < -0.4 is 10.0 Å². The first-order valence-electron chi connectivity index (χ1n) is 6.52. The number of hydrogen-bond donors (Lipinski definition) is 4. The fraction of sp³-hybridized carbons (Fsp3) is 0.385. The summed E-state index contributed by atoms with van der Waals surface area (Å²) in [6.07, 6.45) is -0.254. The first-order chi connectivity index (χ1) is 10.5. The number of halogens is 1. The number of rotatable bonds is 8. The van der Waals surface area contributed by atoms with Gasteiger partial charge in [0.15, 0.2) is 5.60 Å². The van der Waals surface area contributed by atoms with Gasteiger partial charge in [-0.3, -0.25) is 4.79 Å². The van der Waals surface area contributed by atoms with Gasteiger partial charge in [0, 0.05) is 13.0 Å². The summed E-state index contributed by atoms with van der Waals surface area (Å²) in [7, 11) is -3.87. The Morgan fingerprint density at radius 2 is 1.83 bits per heavy atom. The molecule has 0 aliphatic carbocycles. The first kappa shape index (κ1) is 19.0. The van der Waals surface area contributed by atoms with Crippen molar-refractivity contribution in [1.29, 1.82) is 0 Å². The number of hydrogen-bond acceptors (Lipinski definition) is 5. The van der Waals surface area contributed by atoms with Crippen molar-refractivity contribution in [3.63, 3.8) is 0 Å². The Balaban J connectivity index is 2.45. The summed E-state index contributed by atoms with van der Waals surface area (Å²) >= 11 is 0. The predicted octanol–water partition coefficient (Wildman–Crippen LogP) is -0.554. The van der Waals surface area contributed by atoms with Gasteiger partial charge in [0.1, 0.15) is 5.82 Å². The topological polar surface area (TPSA) is 133 Å². The van der Waals surface area contributed by atoms with Crippen LogP contribution >= 0.6 is 0 Å². The predicted molar refractivity (Wildman–Crippen MR) is 77.5 cm³/mol. The van der Waals surface area contributed by atoms with Gasteiger partial charge in [-0.15, -0.1) is 0 Å². The van der Waals surface area contributed by atoms with Gasteiger partial charge >= 0.3 is 5.97 Å². The zero-order valence-electron chi connectivity index (χ0n) is 12.2. The normalized spacial score (nSPS) is 14.0. The summed E-state index contributed by atoms with van der Waals surface area (Å²) in [5.74, 6) is -2.70. The fourth-order valence-electron chi connectivity index (χ4n) is 1.43. The number of carboxylic acids is 1. The number of amides is 1. The van der Waals surface area contributed by atoms with Gasteiger partial charge in [0.25, 0.3) is 0 Å². The molecule has 0 bridgehead atoms. The summed E-state index contributed by atoms with van der Waals surface area (Å²) < 4.78 is 38.6. The summed E-state index contributed by atoms with van der Waals surface area (Å²) in [6, 6.07) is 4.16. The molecule has 0 spiro atoms. The van der Waals surface area contributed by atoms with E-state index in [0.29, 0.717) is 0 Å². The van der Waals surface area contributed by atoms with Crippen molar-refractivity contribution in [2.45, 2.75) is 23.8 Å². The van der Waals surface area contributed by atoms with E-state index in [1.54, 1.807) is 0 Å². The highest BCUT2D eigenvalue weighted by atomic mass is 32.2. The maximum atomic E-state index is 12.7. The van der Waals surface area contributed by atoms with Crippen LogP contribution in [0, 0.1) is 5.82 Å². The molecule has 0 saturated carbocycles. The van der Waals surface area contributed by atoms with Gasteiger partial charge in [0.2, 0.25) is 15.9 Å². The number of carbonyl (C=O) groups excluding carboxylic acids is 1. The second-order valence-electron chi connectivity index (χ2n) is 4.96. The molecule has 23 heavy (non-hydrogen) atoms. The molecule has 1 unspecified atom stereocenters. The lowest BCUT2D eigenvalue weighted by molar-refractivity contribution is -0.156. The Morgan fingerprint density at radius 3 is 2.35 bits per heavy atom. The molecule has 0 radical (unpaired) electrons. The van der Waals surface area contributed by atoms with Crippen molar-refractivity contribution < 1.29 is 32.6 Å². The highest BCUT2D eigenvalue weighted by molar-refractivity contribution is 7.89. The highest BCUT2D eigenvalue weighted by Crippen LogP contribution is 2.09. The molecule has 4 N–H and O–H groups in total. The number of aliphatic hydroxyl groups is 1. The van der Waals surface area contributed by atoms with Gasteiger partial charge < -0.3 is 15.5 Å². The summed E-state index contributed by atoms with van der Waals surface area (Å²) in [5, 5.41) is 20.3. The van der Waals surface area contributed by atoms with Crippen molar-refractivity contribution in [3.05, 3.63) is 30.1 Å². The largest absolute Gasteiger partial charge is 0.479 e. The minimum absolute atomic E-state index is 0.145. The van der Waals surface area contributed by atoms with Crippen molar-refractivity contribution in [2.75, 3.05) is 13.1 Å². The van der Waals surface area contributed by atoms with Crippen molar-refractivity contribution in [1.82, 2.24) is 10.0 Å². The van der Waals surface area contributed by atoms with Crippen LogP contribution in [0.25, 0.3) is 0 Å². The molecular weight excluding hydrogens is 331 g/mol. The van der Waals surface area contributed by atoms with Gasteiger partial charge in [-0.2, -0.15) is 0 Å². The van der Waals surface area contributed by atoms with E-state index < -0.39 is 39.9 Å². The van der Waals surface area contributed by atoms with E-state index >= 15 is 0 Å². The monoisotopic (exact) mass is 348 g/mol. The molecule has 0 aromatic heterocycles. The van der Waals surface area contributed by atoms with Crippen LogP contribution in [-0.4, -0.2) is 49.2 Å². The third kappa shape index (κ3) is 5.93. The smallest absolute Gasteiger partial charge is 0.337 e. The Morgan fingerprint density at radius 1 is 1.26 bits per heavy atom. The zero-order valence-corrected chi connectivity index (χ0v) is 13.1. The number of nitrogens with one attached hydrogen (secondary N) is 2. The Kier molecular flexibility index (Phi) is 6.19. The lowest BCUT2D eigenvalue weighted by atomic mass is 10.1. The average Bonchev–Trinajstić information content (AvgIpc) is 2.45. The lowest BCUT2D eigenvalue weighted by Gasteiger charge is -2.18. The molecule has 128 valence electrons. The summed E-state index contributed by atoms with van der Waals surface area (Å²) in [5.41, 5.74) is -2.11. The molecule has 1 rings (SSSR count). The van der Waals surface area contributed by atoms with Crippen molar-refractivity contribution >= 4 is 21.9 Å². The van der Waals surface area contributed by atoms with Crippen LogP contribution in [0.15, 0.2) is 29.2 Å². The third-order valence-corrected chi connectivity index (χ3v) is 4.34. The zero-order chi connectivity index (χ0) is 17.7. The first-order valence-corrected chi connectivity index (χ1v) is 8.00. The molecule has 10 heteroatoms.